The summed E-state index contributed by atoms with van der Waals surface area (Å²) < 4.78 is 0. The van der Waals surface area contributed by atoms with Crippen molar-refractivity contribution in [1.82, 2.24) is 79.7 Å². The average Bonchev–Trinajstić information content (AvgIpc) is 3.66. The lowest BCUT2D eigenvalue weighted by molar-refractivity contribution is 1.06. The van der Waals surface area contributed by atoms with Crippen molar-refractivity contribution in [3.8, 4) is 135 Å². The second kappa shape index (κ2) is 21.9. The normalized spacial score (nSPS) is 11.2. The van der Waals surface area contributed by atoms with Crippen LogP contribution < -0.4 is 0 Å². The molecular weight excluding hydrogens is 1020 g/mol. The van der Waals surface area contributed by atoms with Crippen molar-refractivity contribution in [1.29, 1.82) is 0 Å². The van der Waals surface area contributed by atoms with Gasteiger partial charge in [-0.05, 0) is 102 Å². The molecule has 0 aliphatic rings. The van der Waals surface area contributed by atoms with E-state index in [4.69, 9.17) is 39.9 Å². The highest BCUT2D eigenvalue weighted by Crippen LogP contribution is 2.42. The van der Waals surface area contributed by atoms with E-state index >= 15 is 0 Å². The van der Waals surface area contributed by atoms with Crippen molar-refractivity contribution in [3.05, 3.63) is 231 Å². The predicted molar refractivity (Wildman–Crippen MR) is 315 cm³/mol. The summed E-state index contributed by atoms with van der Waals surface area (Å²) in [6.07, 6.45) is 28.9. The van der Waals surface area contributed by atoms with Crippen LogP contribution in [0.25, 0.3) is 135 Å². The second-order valence-electron chi connectivity index (χ2n) is 19.6. The van der Waals surface area contributed by atoms with Crippen LogP contribution >= 0.6 is 0 Å². The third kappa shape index (κ3) is 10.6. The van der Waals surface area contributed by atoms with Gasteiger partial charge in [-0.1, -0.05) is 91.0 Å². The summed E-state index contributed by atoms with van der Waals surface area (Å²) in [4.78, 5) is 74.3. The van der Waals surface area contributed by atoms with Gasteiger partial charge in [-0.25, -0.2) is 79.7 Å². The zero-order chi connectivity index (χ0) is 55.5. The fraction of sp³-hybridized carbons (Fsp3) is 0.0606. The fourth-order valence-electron chi connectivity index (χ4n) is 9.36. The van der Waals surface area contributed by atoms with Gasteiger partial charge in [0.15, 0.2) is 34.9 Å². The molecule has 0 unspecified atom stereocenters. The molecule has 0 aliphatic heterocycles. The Hall–Kier alpha value is -11.3. The Morgan fingerprint density at radius 2 is 0.415 bits per heavy atom. The largest absolute Gasteiger partial charge is 0.241 e. The molecule has 16 heteroatoms. The van der Waals surface area contributed by atoms with E-state index in [1.54, 1.807) is 24.8 Å². The van der Waals surface area contributed by atoms with E-state index in [0.29, 0.717) is 51.9 Å². The van der Waals surface area contributed by atoms with Gasteiger partial charge in [0.05, 0.1) is 11.1 Å². The Labute approximate surface area is 471 Å². The van der Waals surface area contributed by atoms with Crippen LogP contribution in [0, 0.1) is 27.7 Å². The van der Waals surface area contributed by atoms with Crippen LogP contribution in [0.5, 0.6) is 0 Å². The summed E-state index contributed by atoms with van der Waals surface area (Å²) >= 11 is 0. The number of aromatic nitrogens is 16. The van der Waals surface area contributed by atoms with Gasteiger partial charge >= 0.3 is 0 Å². The molecular formula is C66H46N16. The minimum absolute atomic E-state index is 0.495. The van der Waals surface area contributed by atoms with Gasteiger partial charge in [0.2, 0.25) is 0 Å². The highest BCUT2D eigenvalue weighted by Gasteiger charge is 2.19. The molecule has 0 fully saturated rings. The Balaban J connectivity index is 0.774. The zero-order valence-corrected chi connectivity index (χ0v) is 44.8. The Kier molecular flexibility index (Phi) is 13.4. The Morgan fingerprint density at radius 1 is 0.171 bits per heavy atom. The maximum atomic E-state index is 4.82. The minimum Gasteiger partial charge on any atom is -0.241 e. The molecule has 8 heterocycles. The number of hydrogen-bond acceptors (Lipinski definition) is 16. The number of hydrogen-bond donors (Lipinski definition) is 0. The molecule has 390 valence electrons. The first kappa shape index (κ1) is 50.3. The first-order valence-electron chi connectivity index (χ1n) is 26.3. The molecule has 13 aromatic rings. The van der Waals surface area contributed by atoms with Crippen LogP contribution in [-0.2, 0) is 0 Å². The summed E-state index contributed by atoms with van der Waals surface area (Å²) in [6, 6.07) is 37.0. The highest BCUT2D eigenvalue weighted by molar-refractivity contribution is 5.94. The van der Waals surface area contributed by atoms with Crippen molar-refractivity contribution < 1.29 is 0 Å². The molecule has 82 heavy (non-hydrogen) atoms. The van der Waals surface area contributed by atoms with E-state index in [1.807, 2.05) is 151 Å². The van der Waals surface area contributed by atoms with E-state index < -0.39 is 0 Å². The molecule has 13 rings (SSSR count). The van der Waals surface area contributed by atoms with Gasteiger partial charge in [-0.3, -0.25) is 0 Å². The molecule has 0 atom stereocenters. The number of rotatable bonds is 12. The van der Waals surface area contributed by atoms with Gasteiger partial charge in [-0.15, -0.1) is 0 Å². The molecule has 0 amide bonds. The maximum absolute atomic E-state index is 4.82. The average molecular weight is 1060 g/mol. The van der Waals surface area contributed by atoms with Gasteiger partial charge in [0, 0.05) is 144 Å². The molecule has 0 bridgehead atoms. The molecule has 0 saturated carbocycles. The van der Waals surface area contributed by atoms with Crippen LogP contribution in [0.4, 0.5) is 0 Å². The van der Waals surface area contributed by atoms with Crippen molar-refractivity contribution in [2.75, 3.05) is 0 Å². The van der Waals surface area contributed by atoms with Crippen LogP contribution in [0.1, 0.15) is 22.8 Å². The van der Waals surface area contributed by atoms with Crippen molar-refractivity contribution in [3.63, 3.8) is 0 Å². The summed E-state index contributed by atoms with van der Waals surface area (Å²) in [5, 5.41) is 0. The third-order valence-corrected chi connectivity index (χ3v) is 13.9. The lowest BCUT2D eigenvalue weighted by Crippen LogP contribution is -1.97. The Bertz CT molecular complexity index is 4380. The quantitative estimate of drug-likeness (QED) is 0.111. The van der Waals surface area contributed by atoms with E-state index in [2.05, 4.69) is 101 Å². The van der Waals surface area contributed by atoms with Gasteiger partial charge in [0.25, 0.3) is 0 Å². The first-order chi connectivity index (χ1) is 40.2. The van der Waals surface area contributed by atoms with Crippen LogP contribution in [0.15, 0.2) is 208 Å². The van der Waals surface area contributed by atoms with Gasteiger partial charge < -0.3 is 0 Å². The zero-order valence-electron chi connectivity index (χ0n) is 44.8. The van der Waals surface area contributed by atoms with E-state index in [-0.39, 0.29) is 0 Å². The molecule has 5 aromatic carbocycles. The number of nitrogens with zero attached hydrogens (tertiary/aromatic N) is 16. The van der Waals surface area contributed by atoms with Crippen LogP contribution in [-0.4, -0.2) is 79.7 Å². The van der Waals surface area contributed by atoms with Crippen LogP contribution in [0.2, 0.25) is 0 Å². The van der Waals surface area contributed by atoms with E-state index in [1.165, 1.54) is 0 Å². The van der Waals surface area contributed by atoms with Crippen molar-refractivity contribution in [2.45, 2.75) is 27.7 Å². The summed E-state index contributed by atoms with van der Waals surface area (Å²) in [6.45, 7) is 7.69. The minimum atomic E-state index is 0.495. The summed E-state index contributed by atoms with van der Waals surface area (Å²) in [5.74, 6) is 4.83. The fourth-order valence-corrected chi connectivity index (χ4v) is 9.36. The number of aryl methyl sites for hydroxylation is 4. The smallest absolute Gasteiger partial charge is 0.162 e. The molecule has 0 spiro atoms. The van der Waals surface area contributed by atoms with Gasteiger partial charge in [0.1, 0.15) is 11.6 Å². The van der Waals surface area contributed by atoms with Crippen LogP contribution in [0.3, 0.4) is 0 Å². The standard InChI is InChI=1S/C66H46N16/c1-39-23-71-61(72-24-39)47-13-15-48(16-14-47)63-81-37-56(38-82-63)65-77-31-53(32-78-65)50-18-20-58(66-73-25-40(2)26-74-66)60(22-50)59-21-49(17-19-57(59)54-33-69-42(4)70-34-54)52-29-75-64(76-30-52)55-35-79-62(80-36-55)46-11-9-44(10-12-46)43-5-7-45(8-6-43)51-27-67-41(3)68-28-51/h5-38H,1-4H3. The summed E-state index contributed by atoms with van der Waals surface area (Å²) in [5.41, 5.74) is 18.0. The monoisotopic (exact) mass is 1060 g/mol. The predicted octanol–water partition coefficient (Wildman–Crippen LogP) is 13.2. The van der Waals surface area contributed by atoms with E-state index in [9.17, 15) is 0 Å². The molecule has 8 aromatic heterocycles. The van der Waals surface area contributed by atoms with E-state index in [0.717, 1.165) is 106 Å². The SMILES string of the molecule is Cc1cnc(-c2ccc(-c3ncc(-c4ncc(-c5ccc(-c6ncc(C)cn6)c(-c6cc(-c7cnc(-c8cnc(-c9ccc(-c%10ccc(-c%11cnc(C)nc%11)cc%10)cc9)nc8)nc7)ccc6-c6cnc(C)nc6)c5)cn4)cn3)cc2)nc1. The first-order valence-corrected chi connectivity index (χ1v) is 26.3. The Morgan fingerprint density at radius 3 is 0.805 bits per heavy atom. The molecule has 0 aliphatic carbocycles. The maximum Gasteiger partial charge on any atom is 0.162 e. The van der Waals surface area contributed by atoms with Crippen molar-refractivity contribution in [2.24, 2.45) is 0 Å². The summed E-state index contributed by atoms with van der Waals surface area (Å²) in [7, 11) is 0. The lowest BCUT2D eigenvalue weighted by Gasteiger charge is -2.17. The second-order valence-corrected chi connectivity index (χ2v) is 19.6. The molecule has 0 N–H and O–H groups in total. The van der Waals surface area contributed by atoms with Gasteiger partial charge in [-0.2, -0.15) is 0 Å². The molecule has 0 radical (unpaired) electrons. The highest BCUT2D eigenvalue weighted by atomic mass is 14.9. The molecule has 0 saturated heterocycles. The topological polar surface area (TPSA) is 206 Å². The number of benzene rings is 5. The lowest BCUT2D eigenvalue weighted by atomic mass is 9.88. The molecule has 16 nitrogen and oxygen atoms in total. The third-order valence-electron chi connectivity index (χ3n) is 13.9. The van der Waals surface area contributed by atoms with Crippen molar-refractivity contribution >= 4 is 0 Å².